The molecule has 0 radical (unpaired) electrons. The van der Waals surface area contributed by atoms with Crippen molar-refractivity contribution in [2.45, 2.75) is 12.8 Å². The predicted molar refractivity (Wildman–Crippen MR) is 113 cm³/mol. The first kappa shape index (κ1) is 22.3. The van der Waals surface area contributed by atoms with Crippen molar-refractivity contribution in [3.05, 3.63) is 71.7 Å². The second kappa shape index (κ2) is 8.89. The van der Waals surface area contributed by atoms with E-state index in [1.165, 1.54) is 25.6 Å². The van der Waals surface area contributed by atoms with Crippen LogP contribution in [0.2, 0.25) is 0 Å². The molecule has 0 aliphatic carbocycles. The highest BCUT2D eigenvalue weighted by Gasteiger charge is 2.31. The van der Waals surface area contributed by atoms with Crippen molar-refractivity contribution in [2.75, 3.05) is 20.2 Å². The van der Waals surface area contributed by atoms with Crippen LogP contribution in [0.1, 0.15) is 32.8 Å². The molecular formula is C23H18F3N3O4. The van der Waals surface area contributed by atoms with Crippen LogP contribution in [0.15, 0.2) is 54.9 Å². The Hall–Kier alpha value is -3.95. The van der Waals surface area contributed by atoms with Gasteiger partial charge in [-0.25, -0.2) is 14.8 Å². The lowest BCUT2D eigenvalue weighted by Crippen LogP contribution is -2.34. The number of carbonyl (C=O) groups is 2. The van der Waals surface area contributed by atoms with Gasteiger partial charge in [-0.15, -0.1) is 13.2 Å². The quantitative estimate of drug-likeness (QED) is 0.545. The van der Waals surface area contributed by atoms with Gasteiger partial charge in [0.25, 0.3) is 5.91 Å². The number of ether oxygens (including phenoxy) is 2. The molecule has 0 spiro atoms. The van der Waals surface area contributed by atoms with Gasteiger partial charge in [-0.3, -0.25) is 4.79 Å². The number of hydrogen-bond acceptors (Lipinski definition) is 6. The van der Waals surface area contributed by atoms with Gasteiger partial charge in [0.1, 0.15) is 12.1 Å². The molecule has 1 aliphatic rings. The second-order valence-corrected chi connectivity index (χ2v) is 7.25. The van der Waals surface area contributed by atoms with Crippen LogP contribution < -0.4 is 4.74 Å². The molecule has 0 unspecified atom stereocenters. The average molecular weight is 457 g/mol. The minimum Gasteiger partial charge on any atom is -0.465 e. The third-order valence-corrected chi connectivity index (χ3v) is 5.19. The Morgan fingerprint density at radius 3 is 2.39 bits per heavy atom. The van der Waals surface area contributed by atoms with E-state index in [2.05, 4.69) is 14.7 Å². The molecule has 2 aromatic carbocycles. The molecule has 4 rings (SSSR count). The Balaban J connectivity index is 1.50. The first-order chi connectivity index (χ1) is 15.7. The van der Waals surface area contributed by atoms with E-state index >= 15 is 0 Å². The summed E-state index contributed by atoms with van der Waals surface area (Å²) in [5, 5.41) is 0.774. The molecular weight excluding hydrogens is 439 g/mol. The van der Waals surface area contributed by atoms with Crippen molar-refractivity contribution in [3.8, 4) is 5.75 Å². The van der Waals surface area contributed by atoms with Gasteiger partial charge in [-0.05, 0) is 54.5 Å². The molecule has 3 aromatic rings. The Morgan fingerprint density at radius 2 is 1.76 bits per heavy atom. The topological polar surface area (TPSA) is 81.6 Å². The highest BCUT2D eigenvalue weighted by atomic mass is 19.4. The molecule has 0 fully saturated rings. The SMILES string of the molecule is COC(=O)c1ccc2c(C3=CCN(C(=O)c4ccc(OC(F)(F)F)cc4)CC3)ncnc2c1. The van der Waals surface area contributed by atoms with E-state index in [0.29, 0.717) is 30.6 Å². The van der Waals surface area contributed by atoms with Crippen LogP contribution in [0.25, 0.3) is 16.5 Å². The minimum absolute atomic E-state index is 0.268. The molecule has 10 heteroatoms. The zero-order valence-electron chi connectivity index (χ0n) is 17.4. The lowest BCUT2D eigenvalue weighted by molar-refractivity contribution is -0.274. The second-order valence-electron chi connectivity index (χ2n) is 7.25. The minimum atomic E-state index is -4.79. The van der Waals surface area contributed by atoms with Gasteiger partial charge < -0.3 is 14.4 Å². The number of rotatable bonds is 4. The van der Waals surface area contributed by atoms with Crippen molar-refractivity contribution in [1.29, 1.82) is 0 Å². The zero-order valence-corrected chi connectivity index (χ0v) is 17.4. The van der Waals surface area contributed by atoms with Crippen LogP contribution in [-0.2, 0) is 4.74 Å². The van der Waals surface area contributed by atoms with Gasteiger partial charge in [0.05, 0.1) is 23.9 Å². The van der Waals surface area contributed by atoms with Crippen LogP contribution >= 0.6 is 0 Å². The van der Waals surface area contributed by atoms with Gasteiger partial charge in [-0.2, -0.15) is 0 Å². The Bertz CT molecular complexity index is 1240. The van der Waals surface area contributed by atoms with Crippen LogP contribution in [0.3, 0.4) is 0 Å². The number of aromatic nitrogens is 2. The number of fused-ring (bicyclic) bond motifs is 1. The summed E-state index contributed by atoms with van der Waals surface area (Å²) in [5.41, 5.74) is 2.91. The maximum atomic E-state index is 12.7. The van der Waals surface area contributed by atoms with Gasteiger partial charge in [0, 0.05) is 24.0 Å². The summed E-state index contributed by atoms with van der Waals surface area (Å²) in [6.45, 7) is 0.734. The normalized spacial score (nSPS) is 14.1. The Labute approximate surface area is 186 Å². The van der Waals surface area contributed by atoms with E-state index < -0.39 is 12.3 Å². The highest BCUT2D eigenvalue weighted by Crippen LogP contribution is 2.28. The van der Waals surface area contributed by atoms with E-state index in [4.69, 9.17) is 4.74 Å². The van der Waals surface area contributed by atoms with Crippen LogP contribution in [0.4, 0.5) is 13.2 Å². The first-order valence-corrected chi connectivity index (χ1v) is 9.93. The van der Waals surface area contributed by atoms with E-state index in [0.717, 1.165) is 28.8 Å². The Kier molecular flexibility index (Phi) is 5.99. The average Bonchev–Trinajstić information content (AvgIpc) is 2.82. The fourth-order valence-corrected chi connectivity index (χ4v) is 3.61. The lowest BCUT2D eigenvalue weighted by Gasteiger charge is -2.27. The smallest absolute Gasteiger partial charge is 0.465 e. The summed E-state index contributed by atoms with van der Waals surface area (Å²) >= 11 is 0. The van der Waals surface area contributed by atoms with Crippen LogP contribution in [0, 0.1) is 0 Å². The van der Waals surface area contributed by atoms with Gasteiger partial charge in [-0.1, -0.05) is 6.08 Å². The number of alkyl halides is 3. The third kappa shape index (κ3) is 4.94. The maximum absolute atomic E-state index is 12.7. The van der Waals surface area contributed by atoms with Gasteiger partial charge >= 0.3 is 12.3 Å². The van der Waals surface area contributed by atoms with Crippen molar-refractivity contribution in [1.82, 2.24) is 14.9 Å². The number of methoxy groups -OCH3 is 1. The molecule has 7 nitrogen and oxygen atoms in total. The Morgan fingerprint density at radius 1 is 1.03 bits per heavy atom. The van der Waals surface area contributed by atoms with Crippen LogP contribution in [-0.4, -0.2) is 53.3 Å². The first-order valence-electron chi connectivity index (χ1n) is 9.93. The number of halogens is 3. The standard InChI is InChI=1S/C23H18F3N3O4/c1-32-22(31)16-4-7-18-19(12-16)27-13-28-20(18)14-8-10-29(11-9-14)21(30)15-2-5-17(6-3-15)33-23(24,25)26/h2-8,12-13H,9-11H2,1H3. The largest absolute Gasteiger partial charge is 0.573 e. The fourth-order valence-electron chi connectivity index (χ4n) is 3.61. The monoisotopic (exact) mass is 457 g/mol. The predicted octanol–water partition coefficient (Wildman–Crippen LogP) is 4.24. The fraction of sp³-hybridized carbons (Fsp3) is 0.217. The number of benzene rings is 2. The van der Waals surface area contributed by atoms with Crippen molar-refractivity contribution < 1.29 is 32.2 Å². The summed E-state index contributed by atoms with van der Waals surface area (Å²) in [4.78, 5) is 34.7. The molecule has 0 saturated carbocycles. The summed E-state index contributed by atoms with van der Waals surface area (Å²) < 4.78 is 45.5. The lowest BCUT2D eigenvalue weighted by atomic mass is 9.99. The number of amides is 1. The molecule has 0 N–H and O–H groups in total. The highest BCUT2D eigenvalue weighted by molar-refractivity contribution is 5.98. The van der Waals surface area contributed by atoms with E-state index in [-0.39, 0.29) is 17.2 Å². The summed E-state index contributed by atoms with van der Waals surface area (Å²) in [7, 11) is 1.31. The molecule has 170 valence electrons. The van der Waals surface area contributed by atoms with Crippen molar-refractivity contribution in [2.24, 2.45) is 0 Å². The number of carbonyl (C=O) groups excluding carboxylic acids is 2. The summed E-state index contributed by atoms with van der Waals surface area (Å²) in [6.07, 6.45) is -0.947. The number of nitrogens with zero attached hydrogens (tertiary/aromatic N) is 3. The molecule has 1 aromatic heterocycles. The summed E-state index contributed by atoms with van der Waals surface area (Å²) in [6, 6.07) is 9.88. The number of esters is 1. The molecule has 2 heterocycles. The summed E-state index contributed by atoms with van der Waals surface area (Å²) in [5.74, 6) is -1.13. The maximum Gasteiger partial charge on any atom is 0.573 e. The van der Waals surface area contributed by atoms with Crippen molar-refractivity contribution in [3.63, 3.8) is 0 Å². The van der Waals surface area contributed by atoms with E-state index in [9.17, 15) is 22.8 Å². The molecule has 1 amide bonds. The molecule has 0 bridgehead atoms. The van der Waals surface area contributed by atoms with E-state index in [1.54, 1.807) is 23.1 Å². The van der Waals surface area contributed by atoms with Crippen LogP contribution in [0.5, 0.6) is 5.75 Å². The van der Waals surface area contributed by atoms with Gasteiger partial charge in [0.2, 0.25) is 0 Å². The molecule has 1 aliphatic heterocycles. The molecule has 0 atom stereocenters. The van der Waals surface area contributed by atoms with Crippen molar-refractivity contribution >= 4 is 28.4 Å². The molecule has 33 heavy (non-hydrogen) atoms. The van der Waals surface area contributed by atoms with Gasteiger partial charge in [0.15, 0.2) is 0 Å². The third-order valence-electron chi connectivity index (χ3n) is 5.19. The zero-order chi connectivity index (χ0) is 23.6. The molecule has 0 saturated heterocycles. The number of hydrogen-bond donors (Lipinski definition) is 0. The van der Waals surface area contributed by atoms with E-state index in [1.807, 2.05) is 6.08 Å².